The molecule has 0 spiro atoms. The van der Waals surface area contributed by atoms with Gasteiger partial charge in [-0.05, 0) is 19.1 Å². The van der Waals surface area contributed by atoms with Crippen molar-refractivity contribution in [3.63, 3.8) is 0 Å². The van der Waals surface area contributed by atoms with Gasteiger partial charge in [0.25, 0.3) is 5.56 Å². The Labute approximate surface area is 153 Å². The lowest BCUT2D eigenvalue weighted by atomic mass is 10.1. The highest BCUT2D eigenvalue weighted by atomic mass is 35.5. The number of fused-ring (bicyclic) bond motifs is 1. The number of benzene rings is 1. The van der Waals surface area contributed by atoms with Crippen LogP contribution in [0, 0.1) is 0 Å². The molecule has 130 valence electrons. The standard InChI is InChI=1S/C16H14Cl2N4O3/c1-9-6-13(23)20-11-4-2-3-5-12(11)22(9)14(24)8-21-16(25)15(18)10(17)7-19-21/h2-5,7,9H,6,8H2,1H3,(H,20,23)/t9-/m0/s1. The predicted octanol–water partition coefficient (Wildman–Crippen LogP) is 2.31. The average molecular weight is 381 g/mol. The van der Waals surface area contributed by atoms with Crippen molar-refractivity contribution in [3.8, 4) is 0 Å². The van der Waals surface area contributed by atoms with Crippen LogP contribution in [0.3, 0.4) is 0 Å². The Morgan fingerprint density at radius 3 is 2.80 bits per heavy atom. The molecule has 0 saturated carbocycles. The van der Waals surface area contributed by atoms with Crippen LogP contribution in [0.15, 0.2) is 35.3 Å². The van der Waals surface area contributed by atoms with Gasteiger partial charge in [-0.3, -0.25) is 14.4 Å². The Bertz CT molecular complexity index is 912. The Hall–Kier alpha value is -2.38. The molecule has 2 heterocycles. The van der Waals surface area contributed by atoms with Gasteiger partial charge >= 0.3 is 0 Å². The van der Waals surface area contributed by atoms with Crippen molar-refractivity contribution in [3.05, 3.63) is 50.9 Å². The van der Waals surface area contributed by atoms with Crippen LogP contribution in [0.4, 0.5) is 11.4 Å². The van der Waals surface area contributed by atoms with Gasteiger partial charge in [0.1, 0.15) is 11.6 Å². The number of hydrogen-bond acceptors (Lipinski definition) is 4. The summed E-state index contributed by atoms with van der Waals surface area (Å²) < 4.78 is 0.950. The van der Waals surface area contributed by atoms with Gasteiger partial charge in [0.05, 0.1) is 22.6 Å². The number of carbonyl (C=O) groups is 2. The quantitative estimate of drug-likeness (QED) is 0.866. The third kappa shape index (κ3) is 3.38. The number of hydrogen-bond donors (Lipinski definition) is 1. The maximum atomic E-state index is 12.9. The first-order chi connectivity index (χ1) is 11.9. The molecule has 1 aromatic heterocycles. The number of anilines is 2. The molecular formula is C16H14Cl2N4O3. The molecule has 0 fully saturated rings. The second kappa shape index (κ2) is 6.85. The normalized spacial score (nSPS) is 16.8. The van der Waals surface area contributed by atoms with E-state index in [-0.39, 0.29) is 40.9 Å². The lowest BCUT2D eigenvalue weighted by Gasteiger charge is -2.27. The van der Waals surface area contributed by atoms with Gasteiger partial charge in [0.2, 0.25) is 11.8 Å². The van der Waals surface area contributed by atoms with E-state index in [4.69, 9.17) is 23.2 Å². The number of aromatic nitrogens is 2. The number of nitrogens with zero attached hydrogens (tertiary/aromatic N) is 3. The largest absolute Gasteiger partial charge is 0.324 e. The van der Waals surface area contributed by atoms with Gasteiger partial charge in [-0.2, -0.15) is 5.10 Å². The molecule has 0 bridgehead atoms. The fourth-order valence-corrected chi connectivity index (χ4v) is 3.00. The molecule has 0 saturated heterocycles. The summed E-state index contributed by atoms with van der Waals surface area (Å²) in [6.07, 6.45) is 1.35. The highest BCUT2D eigenvalue weighted by Crippen LogP contribution is 2.31. The van der Waals surface area contributed by atoms with Crippen LogP contribution >= 0.6 is 23.2 Å². The summed E-state index contributed by atoms with van der Waals surface area (Å²) in [5.41, 5.74) is 0.464. The summed E-state index contributed by atoms with van der Waals surface area (Å²) in [5.74, 6) is -0.565. The Morgan fingerprint density at radius 2 is 2.04 bits per heavy atom. The molecule has 9 heteroatoms. The average Bonchev–Trinajstić information content (AvgIpc) is 2.69. The maximum Gasteiger partial charge on any atom is 0.287 e. The van der Waals surface area contributed by atoms with E-state index >= 15 is 0 Å². The first-order valence-electron chi connectivity index (χ1n) is 7.50. The fraction of sp³-hybridized carbons (Fsp3) is 0.250. The van der Waals surface area contributed by atoms with Gasteiger partial charge < -0.3 is 10.2 Å². The predicted molar refractivity (Wildman–Crippen MR) is 95.2 cm³/mol. The molecule has 1 N–H and O–H groups in total. The van der Waals surface area contributed by atoms with Gasteiger partial charge in [-0.25, -0.2) is 4.68 Å². The van der Waals surface area contributed by atoms with E-state index < -0.39 is 5.56 Å². The third-order valence-electron chi connectivity index (χ3n) is 3.86. The summed E-state index contributed by atoms with van der Waals surface area (Å²) in [5, 5.41) is 6.46. The minimum atomic E-state index is -0.646. The van der Waals surface area contributed by atoms with Crippen LogP contribution in [0.1, 0.15) is 13.3 Å². The molecule has 3 rings (SSSR count). The van der Waals surface area contributed by atoms with Gasteiger partial charge in [-0.15, -0.1) is 0 Å². The molecule has 0 aliphatic carbocycles. The first kappa shape index (κ1) is 17.4. The third-order valence-corrected chi connectivity index (χ3v) is 4.60. The van der Waals surface area contributed by atoms with Crippen molar-refractivity contribution in [2.45, 2.75) is 25.9 Å². The number of halogens is 2. The summed E-state index contributed by atoms with van der Waals surface area (Å²) >= 11 is 11.6. The monoisotopic (exact) mass is 380 g/mol. The zero-order chi connectivity index (χ0) is 18.1. The molecule has 0 radical (unpaired) electrons. The summed E-state index contributed by atoms with van der Waals surface area (Å²) in [4.78, 5) is 38.4. The molecule has 2 amide bonds. The molecule has 1 aliphatic heterocycles. The van der Waals surface area contributed by atoms with Crippen LogP contribution < -0.4 is 15.8 Å². The van der Waals surface area contributed by atoms with E-state index in [1.54, 1.807) is 31.2 Å². The Morgan fingerprint density at radius 1 is 1.32 bits per heavy atom. The van der Waals surface area contributed by atoms with Crippen molar-refractivity contribution < 1.29 is 9.59 Å². The van der Waals surface area contributed by atoms with Crippen molar-refractivity contribution in [1.82, 2.24) is 9.78 Å². The van der Waals surface area contributed by atoms with Gasteiger partial charge in [0.15, 0.2) is 0 Å². The molecule has 1 aromatic carbocycles. The van der Waals surface area contributed by atoms with Crippen LogP contribution in [-0.2, 0) is 16.1 Å². The summed E-state index contributed by atoms with van der Waals surface area (Å²) in [6.45, 7) is 1.45. The minimum Gasteiger partial charge on any atom is -0.324 e. The highest BCUT2D eigenvalue weighted by Gasteiger charge is 2.30. The topological polar surface area (TPSA) is 84.3 Å². The second-order valence-corrected chi connectivity index (χ2v) is 6.44. The zero-order valence-corrected chi connectivity index (χ0v) is 14.7. The number of carbonyl (C=O) groups excluding carboxylic acids is 2. The molecule has 7 nitrogen and oxygen atoms in total. The zero-order valence-electron chi connectivity index (χ0n) is 13.2. The number of amides is 2. The molecule has 1 aliphatic rings. The van der Waals surface area contributed by atoms with Crippen molar-refractivity contribution in [1.29, 1.82) is 0 Å². The Kier molecular flexibility index (Phi) is 4.78. The van der Waals surface area contributed by atoms with E-state index in [0.29, 0.717) is 11.4 Å². The number of para-hydroxylation sites is 2. The van der Waals surface area contributed by atoms with Crippen molar-refractivity contribution in [2.24, 2.45) is 0 Å². The minimum absolute atomic E-state index is 0.0265. The van der Waals surface area contributed by atoms with Crippen LogP contribution in [-0.4, -0.2) is 27.6 Å². The fourth-order valence-electron chi connectivity index (χ4n) is 2.73. The van der Waals surface area contributed by atoms with E-state index in [1.165, 1.54) is 11.1 Å². The van der Waals surface area contributed by atoms with E-state index in [9.17, 15) is 14.4 Å². The van der Waals surface area contributed by atoms with E-state index in [2.05, 4.69) is 10.4 Å². The molecule has 25 heavy (non-hydrogen) atoms. The molecule has 1 atom stereocenters. The number of nitrogens with one attached hydrogen (secondary N) is 1. The van der Waals surface area contributed by atoms with Crippen molar-refractivity contribution in [2.75, 3.05) is 10.2 Å². The number of rotatable bonds is 2. The van der Waals surface area contributed by atoms with Crippen LogP contribution in [0.25, 0.3) is 0 Å². The van der Waals surface area contributed by atoms with Crippen molar-refractivity contribution >= 4 is 46.4 Å². The van der Waals surface area contributed by atoms with Crippen LogP contribution in [0.5, 0.6) is 0 Å². The lowest BCUT2D eigenvalue weighted by molar-refractivity contribution is -0.120. The van der Waals surface area contributed by atoms with E-state index in [0.717, 1.165) is 4.68 Å². The molecule has 0 unspecified atom stereocenters. The highest BCUT2D eigenvalue weighted by molar-refractivity contribution is 6.41. The van der Waals surface area contributed by atoms with Crippen LogP contribution in [0.2, 0.25) is 10.0 Å². The van der Waals surface area contributed by atoms with Gasteiger partial charge in [0, 0.05) is 12.5 Å². The maximum absolute atomic E-state index is 12.9. The Balaban J connectivity index is 1.97. The first-order valence-corrected chi connectivity index (χ1v) is 8.26. The van der Waals surface area contributed by atoms with E-state index in [1.807, 2.05) is 0 Å². The van der Waals surface area contributed by atoms with Gasteiger partial charge in [-0.1, -0.05) is 35.3 Å². The molecule has 2 aromatic rings. The SMILES string of the molecule is C[C@H]1CC(=O)Nc2ccccc2N1C(=O)Cn1ncc(Cl)c(Cl)c1=O. The summed E-state index contributed by atoms with van der Waals surface area (Å²) in [7, 11) is 0. The lowest BCUT2D eigenvalue weighted by Crippen LogP contribution is -2.42. The molecular weight excluding hydrogens is 367 g/mol. The smallest absolute Gasteiger partial charge is 0.287 e. The summed E-state index contributed by atoms with van der Waals surface area (Å²) in [6, 6.07) is 6.61. The second-order valence-electron chi connectivity index (χ2n) is 5.65.